The molecule has 14 heteroatoms. The molecule has 2 heterocycles. The Morgan fingerprint density at radius 2 is 0.903 bits per heavy atom. The van der Waals surface area contributed by atoms with E-state index in [1.807, 2.05) is 128 Å². The lowest BCUT2D eigenvalue weighted by atomic mass is 9.96. The van der Waals surface area contributed by atoms with Crippen LogP contribution in [0.3, 0.4) is 0 Å². The number of ether oxygens (including phenoxy) is 10. The molecule has 376 valence electrons. The molecule has 0 unspecified atom stereocenters. The number of hydrogen-bond acceptors (Lipinski definition) is 14. The van der Waals surface area contributed by atoms with Gasteiger partial charge in [-0.15, -0.1) is 11.8 Å². The second kappa shape index (κ2) is 27.0. The van der Waals surface area contributed by atoms with Crippen molar-refractivity contribution in [3.63, 3.8) is 0 Å². The minimum absolute atomic E-state index is 0.0325. The van der Waals surface area contributed by atoms with E-state index in [0.717, 1.165) is 22.3 Å². The molecule has 2 fully saturated rings. The first-order chi connectivity index (χ1) is 35.3. The second-order valence-corrected chi connectivity index (χ2v) is 18.6. The van der Waals surface area contributed by atoms with Crippen LogP contribution in [0.4, 0.5) is 0 Å². The Hall–Kier alpha value is -6.20. The molecule has 2 aliphatic rings. The number of hydrogen-bond donors (Lipinski definition) is 0. The van der Waals surface area contributed by atoms with Crippen LogP contribution in [0.1, 0.15) is 56.8 Å². The molecule has 10 atom stereocenters. The highest BCUT2D eigenvalue weighted by molar-refractivity contribution is 7.99. The third-order valence-corrected chi connectivity index (χ3v) is 13.0. The van der Waals surface area contributed by atoms with Crippen LogP contribution in [0, 0.1) is 0 Å². The van der Waals surface area contributed by atoms with Crippen molar-refractivity contribution < 1.29 is 61.8 Å². The van der Waals surface area contributed by atoms with Crippen LogP contribution in [-0.2, 0) is 78.6 Å². The van der Waals surface area contributed by atoms with Gasteiger partial charge in [0.25, 0.3) is 0 Å². The van der Waals surface area contributed by atoms with Crippen molar-refractivity contribution in [2.45, 2.75) is 101 Å². The highest BCUT2D eigenvalue weighted by atomic mass is 32.2. The summed E-state index contributed by atoms with van der Waals surface area (Å²) in [6, 6.07) is 56.1. The average molecular weight is 997 g/mol. The van der Waals surface area contributed by atoms with E-state index < -0.39 is 78.5 Å². The van der Waals surface area contributed by atoms with Crippen molar-refractivity contribution in [2.75, 3.05) is 19.0 Å². The van der Waals surface area contributed by atoms with Crippen LogP contribution < -0.4 is 0 Å². The van der Waals surface area contributed by atoms with Crippen molar-refractivity contribution >= 4 is 29.7 Å². The maximum absolute atomic E-state index is 14.2. The van der Waals surface area contributed by atoms with Gasteiger partial charge in [-0.2, -0.15) is 0 Å². The molecule has 72 heavy (non-hydrogen) atoms. The van der Waals surface area contributed by atoms with E-state index in [1.165, 1.54) is 18.7 Å². The molecule has 2 saturated heterocycles. The molecule has 0 bridgehead atoms. The molecule has 0 amide bonds. The van der Waals surface area contributed by atoms with Crippen molar-refractivity contribution in [3.05, 3.63) is 215 Å². The maximum atomic E-state index is 14.2. The molecule has 6 aromatic carbocycles. The van der Waals surface area contributed by atoms with Crippen LogP contribution in [0.5, 0.6) is 0 Å². The fraction of sp³-hybridized carbons (Fsp3) is 0.328. The molecular formula is C58H60O13S. The van der Waals surface area contributed by atoms with Gasteiger partial charge in [-0.25, -0.2) is 9.59 Å². The van der Waals surface area contributed by atoms with Gasteiger partial charge in [0.15, 0.2) is 18.5 Å². The Morgan fingerprint density at radius 3 is 1.40 bits per heavy atom. The molecule has 0 N–H and O–H groups in total. The Morgan fingerprint density at radius 1 is 0.458 bits per heavy atom. The van der Waals surface area contributed by atoms with Gasteiger partial charge < -0.3 is 47.4 Å². The van der Waals surface area contributed by atoms with Gasteiger partial charge in [0.2, 0.25) is 0 Å². The van der Waals surface area contributed by atoms with E-state index in [0.29, 0.717) is 11.3 Å². The lowest BCUT2D eigenvalue weighted by Gasteiger charge is -2.49. The lowest BCUT2D eigenvalue weighted by molar-refractivity contribution is -0.355. The third-order valence-electron chi connectivity index (χ3n) is 12.0. The minimum Gasteiger partial charge on any atom is -0.459 e. The van der Waals surface area contributed by atoms with Crippen LogP contribution in [0.15, 0.2) is 182 Å². The van der Waals surface area contributed by atoms with Gasteiger partial charge >= 0.3 is 17.9 Å². The Kier molecular flexibility index (Phi) is 19.6. The zero-order valence-electron chi connectivity index (χ0n) is 40.3. The normalized spacial score (nSPS) is 23.9. The molecule has 0 aliphatic carbocycles. The molecule has 0 aromatic heterocycles. The second-order valence-electron chi connectivity index (χ2n) is 17.2. The summed E-state index contributed by atoms with van der Waals surface area (Å²) in [6.45, 7) is 3.63. The third kappa shape index (κ3) is 14.7. The predicted molar refractivity (Wildman–Crippen MR) is 269 cm³/mol. The van der Waals surface area contributed by atoms with Gasteiger partial charge in [-0.3, -0.25) is 4.79 Å². The molecule has 8 rings (SSSR count). The summed E-state index contributed by atoms with van der Waals surface area (Å²) in [5.74, 6) is -1.44. The van der Waals surface area contributed by atoms with Crippen LogP contribution in [-0.4, -0.2) is 97.4 Å². The minimum atomic E-state index is -1.32. The molecule has 2 aliphatic heterocycles. The van der Waals surface area contributed by atoms with Crippen molar-refractivity contribution in [2.24, 2.45) is 0 Å². The molecule has 0 spiro atoms. The summed E-state index contributed by atoms with van der Waals surface area (Å²) < 4.78 is 66.7. The van der Waals surface area contributed by atoms with Gasteiger partial charge in [-0.1, -0.05) is 165 Å². The van der Waals surface area contributed by atoms with E-state index in [1.54, 1.807) is 60.7 Å². The lowest BCUT2D eigenvalue weighted by Crippen LogP contribution is -2.66. The van der Waals surface area contributed by atoms with E-state index in [-0.39, 0.29) is 45.2 Å². The monoisotopic (exact) mass is 996 g/mol. The zero-order chi connectivity index (χ0) is 49.9. The van der Waals surface area contributed by atoms with Crippen molar-refractivity contribution in [1.29, 1.82) is 0 Å². The summed E-state index contributed by atoms with van der Waals surface area (Å²) in [4.78, 5) is 40.9. The molecule has 0 saturated carbocycles. The highest BCUT2D eigenvalue weighted by Crippen LogP contribution is 2.39. The van der Waals surface area contributed by atoms with Gasteiger partial charge in [0.05, 0.1) is 44.2 Å². The number of rotatable bonds is 23. The largest absolute Gasteiger partial charge is 0.459 e. The number of carbonyl (C=O) groups excluding carboxylic acids is 3. The molecule has 13 nitrogen and oxygen atoms in total. The van der Waals surface area contributed by atoms with Gasteiger partial charge in [-0.05, 0) is 52.3 Å². The molecule has 6 aromatic rings. The standard InChI is InChI=1S/C58H60O13S/c1-3-72-58-54(70-56(61)46-32-20-9-21-33-46)52(50(67-40(2)59)48(69-58)39-66-55(60)45-30-18-8-19-31-45)71-57-53(65-37-44-28-16-7-17-29-44)51(64-36-43-26-14-6-15-27-43)49(63-35-42-24-12-5-13-25-42)47(68-57)38-62-34-41-22-10-4-11-23-41/h4-33,47-54,57-58H,3,34-39H2,1-2H3/t47-,48-,49+,50+,51+,52+,53-,54-,57-,58+/m1/s1. The van der Waals surface area contributed by atoms with Gasteiger partial charge in [0.1, 0.15) is 48.7 Å². The van der Waals surface area contributed by atoms with Crippen molar-refractivity contribution in [3.8, 4) is 0 Å². The van der Waals surface area contributed by atoms with Crippen LogP contribution in [0.2, 0.25) is 0 Å². The highest BCUT2D eigenvalue weighted by Gasteiger charge is 2.56. The number of benzene rings is 6. The van der Waals surface area contributed by atoms with Crippen molar-refractivity contribution in [1.82, 2.24) is 0 Å². The number of carbonyl (C=O) groups is 3. The van der Waals surface area contributed by atoms with Crippen LogP contribution in [0.25, 0.3) is 0 Å². The predicted octanol–water partition coefficient (Wildman–Crippen LogP) is 9.56. The van der Waals surface area contributed by atoms with E-state index in [2.05, 4.69) is 0 Å². The zero-order valence-corrected chi connectivity index (χ0v) is 41.1. The van der Waals surface area contributed by atoms with E-state index >= 15 is 0 Å². The average Bonchev–Trinajstić information content (AvgIpc) is 3.42. The summed E-state index contributed by atoms with van der Waals surface area (Å²) >= 11 is 1.35. The SMILES string of the molecule is CCS[C@@H]1O[C@H](COC(=O)c2ccccc2)[C@H](OC(C)=O)[C@H](O[C@H]2O[C@H](COCc3ccccc3)[C@H](OCc3ccccc3)[C@H](OCc3ccccc3)[C@H]2OCc2ccccc2)[C@H]1OC(=O)c1ccccc1. The Labute approximate surface area is 424 Å². The smallest absolute Gasteiger partial charge is 0.338 e. The Bertz CT molecular complexity index is 2540. The fourth-order valence-electron chi connectivity index (χ4n) is 8.52. The summed E-state index contributed by atoms with van der Waals surface area (Å²) in [6.07, 6.45) is -9.87. The first-order valence-electron chi connectivity index (χ1n) is 24.1. The van der Waals surface area contributed by atoms with E-state index in [4.69, 9.17) is 47.4 Å². The quantitative estimate of drug-likeness (QED) is 0.0444. The Balaban J connectivity index is 1.21. The molecular weight excluding hydrogens is 937 g/mol. The number of thioether (sulfide) groups is 1. The van der Waals surface area contributed by atoms with E-state index in [9.17, 15) is 14.4 Å². The van der Waals surface area contributed by atoms with Gasteiger partial charge in [0, 0.05) is 6.92 Å². The first kappa shape index (κ1) is 52.1. The molecule has 0 radical (unpaired) electrons. The topological polar surface area (TPSA) is 144 Å². The number of esters is 3. The fourth-order valence-corrected chi connectivity index (χ4v) is 9.47. The first-order valence-corrected chi connectivity index (χ1v) is 25.2. The summed E-state index contributed by atoms with van der Waals surface area (Å²) in [5, 5.41) is 0. The van der Waals surface area contributed by atoms with Crippen LogP contribution >= 0.6 is 11.8 Å². The summed E-state index contributed by atoms with van der Waals surface area (Å²) in [7, 11) is 0. The summed E-state index contributed by atoms with van der Waals surface area (Å²) in [5.41, 5.74) is 3.34. The maximum Gasteiger partial charge on any atom is 0.338 e.